The van der Waals surface area contributed by atoms with E-state index >= 15 is 0 Å². The van der Waals surface area contributed by atoms with E-state index in [-0.39, 0.29) is 11.8 Å². The summed E-state index contributed by atoms with van der Waals surface area (Å²) in [6.45, 7) is 12.0. The van der Waals surface area contributed by atoms with Crippen LogP contribution < -0.4 is 32.0 Å². The van der Waals surface area contributed by atoms with E-state index in [0.29, 0.717) is 24.9 Å². The fourth-order valence-electron chi connectivity index (χ4n) is 7.83. The number of anilines is 3. The number of amides is 2. The predicted molar refractivity (Wildman–Crippen MR) is 261 cm³/mol. The molecule has 0 saturated heterocycles. The van der Waals surface area contributed by atoms with E-state index in [4.69, 9.17) is 21.4 Å². The summed E-state index contributed by atoms with van der Waals surface area (Å²) < 4.78 is 2.17. The number of nitrogens with zero attached hydrogens (tertiary/aromatic N) is 3. The van der Waals surface area contributed by atoms with E-state index in [0.717, 1.165) is 135 Å². The number of nitrogens with one attached hydrogen (secondary N) is 2. The lowest BCUT2D eigenvalue weighted by Crippen LogP contribution is -2.71. The van der Waals surface area contributed by atoms with Gasteiger partial charge in [0.25, 0.3) is 0 Å². The zero-order valence-corrected chi connectivity index (χ0v) is 37.9. The van der Waals surface area contributed by atoms with Gasteiger partial charge in [0.15, 0.2) is 5.69 Å². The molecular weight excluding hydrogens is 781 g/mol. The Balaban J connectivity index is 0.00000326. The van der Waals surface area contributed by atoms with Crippen LogP contribution in [-0.2, 0) is 9.59 Å². The highest BCUT2D eigenvalue weighted by atomic mass is 16.2. The number of carbonyl (C=O) groups excluding carboxylic acids is 2. The van der Waals surface area contributed by atoms with Crippen LogP contribution in [0, 0.1) is 20.8 Å². The Labute approximate surface area is 372 Å². The molecule has 6 aromatic rings. The van der Waals surface area contributed by atoms with Gasteiger partial charge in [-0.05, 0) is 99.2 Å². The maximum absolute atomic E-state index is 13.2. The Morgan fingerprint density at radius 1 is 0.683 bits per heavy atom. The number of fused-ring (bicyclic) bond motifs is 2. The molecule has 5 aromatic carbocycles. The van der Waals surface area contributed by atoms with E-state index in [1.807, 2.05) is 126 Å². The first-order chi connectivity index (χ1) is 30.5. The van der Waals surface area contributed by atoms with E-state index in [9.17, 15) is 9.59 Å². The fraction of sp³-hybridized carbons (Fsp3) is 0.302. The molecule has 326 valence electrons. The summed E-state index contributed by atoms with van der Waals surface area (Å²) in [6, 6.07) is 32.5. The SMILES string of the molecule is CC.CC1=CC(=Nc2cc(C)c(NC(=O)CCCCCCCCCC(=O)Nc3cc4c(cc3C)nc3cc(C)c(N)cc3[n+]4-c3ccccc3)cc2[NH2+]c2ccccc2)CC=C1N. The summed E-state index contributed by atoms with van der Waals surface area (Å²) in [5, 5.41) is 8.45. The molecule has 1 aliphatic rings. The highest BCUT2D eigenvalue weighted by molar-refractivity contribution is 6.01. The van der Waals surface area contributed by atoms with Crippen LogP contribution in [-0.4, -0.2) is 22.5 Å². The van der Waals surface area contributed by atoms with Gasteiger partial charge in [0.1, 0.15) is 22.4 Å². The number of aliphatic imine (C=N–C) groups is 1. The van der Waals surface area contributed by atoms with Crippen LogP contribution in [0.15, 0.2) is 125 Å². The topological polar surface area (TPSA) is 156 Å². The monoisotopic (exact) mass is 845 g/mol. The lowest BCUT2D eigenvalue weighted by Gasteiger charge is -2.14. The lowest BCUT2D eigenvalue weighted by molar-refractivity contribution is -0.538. The average molecular weight is 845 g/mol. The van der Waals surface area contributed by atoms with E-state index in [2.05, 4.69) is 44.8 Å². The van der Waals surface area contributed by atoms with Gasteiger partial charge >= 0.3 is 0 Å². The molecule has 0 saturated carbocycles. The molecular formula is C53H64N8O2+2. The second-order valence-electron chi connectivity index (χ2n) is 16.3. The van der Waals surface area contributed by atoms with Gasteiger partial charge in [-0.1, -0.05) is 88.4 Å². The molecule has 1 aliphatic carbocycles. The maximum Gasteiger partial charge on any atom is 0.239 e. The lowest BCUT2D eigenvalue weighted by atomic mass is 10.0. The summed E-state index contributed by atoms with van der Waals surface area (Å²) in [7, 11) is 0. The van der Waals surface area contributed by atoms with Crippen molar-refractivity contribution < 1.29 is 19.5 Å². The quantitative estimate of drug-likeness (QED) is 0.0284. The van der Waals surface area contributed by atoms with E-state index in [1.54, 1.807) is 0 Å². The third-order valence-electron chi connectivity index (χ3n) is 11.4. The first-order valence-electron chi connectivity index (χ1n) is 22.5. The normalized spacial score (nSPS) is 13.0. The van der Waals surface area contributed by atoms with Crippen molar-refractivity contribution in [3.63, 3.8) is 0 Å². The Morgan fingerprint density at radius 2 is 1.22 bits per heavy atom. The van der Waals surface area contributed by atoms with Crippen LogP contribution in [0.5, 0.6) is 0 Å². The van der Waals surface area contributed by atoms with Crippen LogP contribution in [0.4, 0.5) is 34.1 Å². The van der Waals surface area contributed by atoms with Gasteiger partial charge in [-0.25, -0.2) is 9.98 Å². The highest BCUT2D eigenvalue weighted by Gasteiger charge is 2.22. The van der Waals surface area contributed by atoms with Gasteiger partial charge < -0.3 is 22.1 Å². The maximum atomic E-state index is 13.2. The summed E-state index contributed by atoms with van der Waals surface area (Å²) in [4.78, 5) is 36.2. The van der Waals surface area contributed by atoms with Gasteiger partial charge in [0.2, 0.25) is 28.5 Å². The molecule has 0 bridgehead atoms. The zero-order valence-electron chi connectivity index (χ0n) is 37.9. The van der Waals surface area contributed by atoms with Crippen LogP contribution in [0.3, 0.4) is 0 Å². The molecule has 63 heavy (non-hydrogen) atoms. The van der Waals surface area contributed by atoms with Crippen molar-refractivity contribution in [1.82, 2.24) is 4.98 Å². The molecule has 7 rings (SSSR count). The number of unbranched alkanes of at least 4 members (excludes halogenated alkanes) is 6. The van der Waals surface area contributed by atoms with Crippen LogP contribution in [0.25, 0.3) is 27.8 Å². The zero-order chi connectivity index (χ0) is 44.9. The van der Waals surface area contributed by atoms with Crippen molar-refractivity contribution in [1.29, 1.82) is 0 Å². The second-order valence-corrected chi connectivity index (χ2v) is 16.3. The number of para-hydroxylation sites is 2. The largest absolute Gasteiger partial charge is 0.399 e. The van der Waals surface area contributed by atoms with Gasteiger partial charge in [-0.2, -0.15) is 0 Å². The number of nitrogens with two attached hydrogens (primary N) is 3. The second kappa shape index (κ2) is 21.9. The Kier molecular flexibility index (Phi) is 16.0. The number of nitrogen functional groups attached to an aromatic ring is 1. The van der Waals surface area contributed by atoms with Crippen molar-refractivity contribution in [3.8, 4) is 5.69 Å². The minimum Gasteiger partial charge on any atom is -0.399 e. The number of hydrogen-bond donors (Lipinski definition) is 5. The molecule has 0 fully saturated rings. The van der Waals surface area contributed by atoms with E-state index in [1.165, 1.54) is 0 Å². The first kappa shape index (κ1) is 45.9. The highest BCUT2D eigenvalue weighted by Crippen LogP contribution is 2.31. The molecule has 0 radical (unpaired) electrons. The van der Waals surface area contributed by atoms with Gasteiger partial charge in [0.05, 0.1) is 5.69 Å². The third kappa shape index (κ3) is 12.0. The number of rotatable bonds is 16. The van der Waals surface area contributed by atoms with Crippen LogP contribution >= 0.6 is 0 Å². The smallest absolute Gasteiger partial charge is 0.239 e. The molecule has 0 aliphatic heterocycles. The average Bonchev–Trinajstić information content (AvgIpc) is 3.27. The molecule has 8 N–H and O–H groups in total. The van der Waals surface area contributed by atoms with Crippen LogP contribution in [0.2, 0.25) is 0 Å². The molecule has 10 heteroatoms. The number of aromatic nitrogens is 2. The summed E-state index contributed by atoms with van der Waals surface area (Å²) in [6.07, 6.45) is 12.5. The molecule has 1 aromatic heterocycles. The number of allylic oxidation sites excluding steroid dienone is 3. The summed E-state index contributed by atoms with van der Waals surface area (Å²) in [5.74, 6) is 0.0299. The standard InChI is InChI=1S/C51H56N8O2.C2H6/c1-33-26-38(24-25-40(33)52)55-44-28-35(3)42(31-45(44)54-37-18-12-10-13-19-37)57-50(60)22-16-8-6-5-7-9-17-23-51(61)58-43-32-49-47(29-36(43)4)56-46-27-34(2)41(53)30-48(46)59(49)39-20-14-11-15-21-39;1-2/h10-15,18-21,25-32,54H,5-9,16-17,22-24,52H2,1-4H3,(H3,53,57,58,60,61);1-2H3/p+2. The summed E-state index contributed by atoms with van der Waals surface area (Å²) >= 11 is 0. The number of benzene rings is 5. The minimum atomic E-state index is 0.0103. The van der Waals surface area contributed by atoms with Gasteiger partial charge in [-0.3, -0.25) is 14.9 Å². The number of quaternary nitrogens is 1. The van der Waals surface area contributed by atoms with E-state index < -0.39 is 0 Å². The summed E-state index contributed by atoms with van der Waals surface area (Å²) in [5.41, 5.74) is 27.8. The molecule has 0 spiro atoms. The fourth-order valence-corrected chi connectivity index (χ4v) is 7.83. The van der Waals surface area contributed by atoms with Crippen molar-refractivity contribution >= 4 is 73.7 Å². The first-order valence-corrected chi connectivity index (χ1v) is 22.5. The van der Waals surface area contributed by atoms with Crippen molar-refractivity contribution in [2.24, 2.45) is 10.7 Å². The number of aryl methyl sites for hydroxylation is 3. The Bertz CT molecular complexity index is 2670. The number of hydrogen-bond acceptors (Lipinski definition) is 6. The molecule has 10 nitrogen and oxygen atoms in total. The van der Waals surface area contributed by atoms with Gasteiger partial charge in [-0.15, -0.1) is 4.57 Å². The molecule has 0 unspecified atom stereocenters. The molecule has 1 heterocycles. The Hall–Kier alpha value is -6.65. The minimum absolute atomic E-state index is 0.0103. The van der Waals surface area contributed by atoms with Crippen molar-refractivity contribution in [3.05, 3.63) is 137 Å². The van der Waals surface area contributed by atoms with Crippen molar-refractivity contribution in [2.75, 3.05) is 16.4 Å². The van der Waals surface area contributed by atoms with Gasteiger partial charge in [0, 0.05) is 72.4 Å². The molecule has 0 atom stereocenters. The third-order valence-corrected chi connectivity index (χ3v) is 11.4. The van der Waals surface area contributed by atoms with Crippen molar-refractivity contribution in [2.45, 2.75) is 106 Å². The predicted octanol–water partition coefficient (Wildman–Crippen LogP) is 11.1. The Morgan fingerprint density at radius 3 is 1.84 bits per heavy atom. The number of carbonyl (C=O) groups is 2. The van der Waals surface area contributed by atoms with Crippen LogP contribution in [0.1, 0.15) is 102 Å². The molecule has 2 amide bonds.